The van der Waals surface area contributed by atoms with Crippen LogP contribution in [0.25, 0.3) is 0 Å². The number of hydrogen-bond acceptors (Lipinski definition) is 6. The van der Waals surface area contributed by atoms with Gasteiger partial charge >= 0.3 is 0 Å². The molecule has 10 nitrogen and oxygen atoms in total. The first-order valence-corrected chi connectivity index (χ1v) is 14.8. The van der Waals surface area contributed by atoms with E-state index in [2.05, 4.69) is 39.4 Å². The lowest BCUT2D eigenvalue weighted by Crippen LogP contribution is -2.47. The molecule has 2 aliphatic rings. The summed E-state index contributed by atoms with van der Waals surface area (Å²) in [5.41, 5.74) is 7.49. The van der Waals surface area contributed by atoms with Crippen LogP contribution in [0.3, 0.4) is 0 Å². The van der Waals surface area contributed by atoms with Gasteiger partial charge in [-0.3, -0.25) is 9.36 Å². The standard InChI is InChI=1S/C31H35ClFN9O/c1-19-29(40-30(36-2)38-22-7-6-14-41(18-22)23-8-4-3-5-9-23)42(24-12-10-21(11-13-24)28(35)43)31(37-19)39-27-25(32)15-20(17-34)16-26(27)33/h3-5,8-9,15-16,21-22,24H,2,6-7,10-14,18H2,1H3,(H2,35,43)(H,37,39)(H,38,40)/t21-,22-,24+/m1/s1. The van der Waals surface area contributed by atoms with E-state index in [0.29, 0.717) is 49.1 Å². The fourth-order valence-corrected chi connectivity index (χ4v) is 6.21. The molecule has 1 saturated carbocycles. The number of nitrogens with two attached hydrogens (primary N) is 1. The van der Waals surface area contributed by atoms with Crippen LogP contribution in [0, 0.1) is 30.0 Å². The zero-order valence-corrected chi connectivity index (χ0v) is 24.8. The van der Waals surface area contributed by atoms with E-state index in [4.69, 9.17) is 27.3 Å². The number of anilines is 3. The lowest BCUT2D eigenvalue weighted by molar-refractivity contribution is -0.122. The van der Waals surface area contributed by atoms with Gasteiger partial charge in [0, 0.05) is 36.8 Å². The first kappa shape index (κ1) is 30.0. The van der Waals surface area contributed by atoms with Gasteiger partial charge in [0.05, 0.1) is 28.0 Å². The molecular formula is C31H35ClFN9O. The van der Waals surface area contributed by atoms with Crippen LogP contribution in [0.2, 0.25) is 5.02 Å². The molecule has 1 saturated heterocycles. The largest absolute Gasteiger partial charge is 0.369 e. The van der Waals surface area contributed by atoms with E-state index < -0.39 is 5.82 Å². The van der Waals surface area contributed by atoms with E-state index in [0.717, 1.165) is 32.0 Å². The van der Waals surface area contributed by atoms with Gasteiger partial charge in [0.15, 0.2) is 5.82 Å². The first-order chi connectivity index (χ1) is 20.8. The number of para-hydroxylation sites is 1. The molecule has 0 unspecified atom stereocenters. The predicted molar refractivity (Wildman–Crippen MR) is 168 cm³/mol. The fraction of sp³-hybridized carbons (Fsp3) is 0.387. The van der Waals surface area contributed by atoms with Crippen molar-refractivity contribution in [1.82, 2.24) is 14.9 Å². The minimum absolute atomic E-state index is 0.0108. The SMILES string of the molecule is C=N/C(=N\c1c(C)nc(Nc2c(F)cc(C#N)cc2Cl)n1[C@H]1CC[C@@H](C(N)=O)CC1)N[C@@H]1CCCN(c2ccccc2)C1. The molecular weight excluding hydrogens is 569 g/mol. The summed E-state index contributed by atoms with van der Waals surface area (Å²) in [4.78, 5) is 28.0. The number of carbonyl (C=O) groups is 1. The van der Waals surface area contributed by atoms with Crippen molar-refractivity contribution in [2.45, 2.75) is 57.5 Å². The molecule has 2 aromatic carbocycles. The molecule has 2 heterocycles. The summed E-state index contributed by atoms with van der Waals surface area (Å²) < 4.78 is 17.0. The van der Waals surface area contributed by atoms with Crippen LogP contribution in [-0.4, -0.2) is 47.3 Å². The third-order valence-corrected chi connectivity index (χ3v) is 8.46. The number of benzene rings is 2. The molecule has 3 aromatic rings. The second-order valence-electron chi connectivity index (χ2n) is 11.0. The average molecular weight is 604 g/mol. The predicted octanol–water partition coefficient (Wildman–Crippen LogP) is 5.76. The highest BCUT2D eigenvalue weighted by atomic mass is 35.5. The number of guanidine groups is 1. The Bertz CT molecular complexity index is 1530. The average Bonchev–Trinajstić information content (AvgIpc) is 3.32. The number of aromatic nitrogens is 2. The minimum Gasteiger partial charge on any atom is -0.369 e. The molecule has 5 rings (SSSR count). The summed E-state index contributed by atoms with van der Waals surface area (Å²) in [5, 5.41) is 15.8. The Kier molecular flexibility index (Phi) is 9.26. The molecule has 12 heteroatoms. The molecule has 43 heavy (non-hydrogen) atoms. The second-order valence-corrected chi connectivity index (χ2v) is 11.4. The quantitative estimate of drug-likeness (QED) is 0.232. The molecule has 4 N–H and O–H groups in total. The third kappa shape index (κ3) is 6.81. The highest BCUT2D eigenvalue weighted by Gasteiger charge is 2.30. The number of nitriles is 1. The Hall–Kier alpha value is -4.43. The highest BCUT2D eigenvalue weighted by Crippen LogP contribution is 2.40. The number of imidazole rings is 1. The Labute approximate surface area is 255 Å². The molecule has 224 valence electrons. The molecule has 1 atom stereocenters. The summed E-state index contributed by atoms with van der Waals surface area (Å²) in [5.74, 6) is 0.0860. The number of piperidine rings is 1. The number of nitrogens with one attached hydrogen (secondary N) is 2. The summed E-state index contributed by atoms with van der Waals surface area (Å²) in [7, 11) is 0. The summed E-state index contributed by atoms with van der Waals surface area (Å²) in [6.45, 7) is 7.35. The van der Waals surface area contributed by atoms with Crippen molar-refractivity contribution in [2.75, 3.05) is 23.3 Å². The lowest BCUT2D eigenvalue weighted by Gasteiger charge is -2.35. The minimum atomic E-state index is -0.672. The Morgan fingerprint density at radius 1 is 1.21 bits per heavy atom. The van der Waals surface area contributed by atoms with Gasteiger partial charge in [0.2, 0.25) is 17.8 Å². The van der Waals surface area contributed by atoms with Gasteiger partial charge in [-0.15, -0.1) is 0 Å². The molecule has 1 aliphatic heterocycles. The van der Waals surface area contributed by atoms with Crippen LogP contribution in [0.15, 0.2) is 52.4 Å². The van der Waals surface area contributed by atoms with Crippen LogP contribution in [0.1, 0.15) is 55.8 Å². The normalized spacial score (nSPS) is 20.7. The van der Waals surface area contributed by atoms with Crippen LogP contribution in [-0.2, 0) is 4.79 Å². The van der Waals surface area contributed by atoms with Gasteiger partial charge in [-0.05, 0) is 76.4 Å². The number of primary amides is 1. The van der Waals surface area contributed by atoms with E-state index >= 15 is 4.39 Å². The van der Waals surface area contributed by atoms with Crippen molar-refractivity contribution in [1.29, 1.82) is 5.26 Å². The van der Waals surface area contributed by atoms with Gasteiger partial charge in [-0.25, -0.2) is 14.4 Å². The van der Waals surface area contributed by atoms with Crippen molar-refractivity contribution in [3.05, 3.63) is 64.6 Å². The van der Waals surface area contributed by atoms with Gasteiger partial charge in [-0.1, -0.05) is 29.8 Å². The number of rotatable bonds is 7. The zero-order chi connectivity index (χ0) is 30.5. The number of amides is 1. The van der Waals surface area contributed by atoms with Crippen LogP contribution in [0.4, 0.5) is 27.5 Å². The van der Waals surface area contributed by atoms with Gasteiger partial charge < -0.3 is 21.3 Å². The number of hydrogen-bond donors (Lipinski definition) is 3. The van der Waals surface area contributed by atoms with Crippen LogP contribution < -0.4 is 21.3 Å². The van der Waals surface area contributed by atoms with Gasteiger partial charge in [0.1, 0.15) is 5.82 Å². The van der Waals surface area contributed by atoms with E-state index in [1.165, 1.54) is 11.8 Å². The Morgan fingerprint density at radius 3 is 2.60 bits per heavy atom. The number of aliphatic imine (C=N–C) groups is 2. The van der Waals surface area contributed by atoms with Gasteiger partial charge in [-0.2, -0.15) is 10.3 Å². The maximum atomic E-state index is 15.0. The van der Waals surface area contributed by atoms with Gasteiger partial charge in [0.25, 0.3) is 0 Å². The topological polar surface area (TPSA) is 137 Å². The number of aryl methyl sites for hydroxylation is 1. The van der Waals surface area contributed by atoms with E-state index in [9.17, 15) is 10.1 Å². The van der Waals surface area contributed by atoms with E-state index in [1.54, 1.807) is 0 Å². The number of halogens is 2. The maximum Gasteiger partial charge on any atom is 0.224 e. The monoisotopic (exact) mass is 603 g/mol. The van der Waals surface area contributed by atoms with Crippen molar-refractivity contribution < 1.29 is 9.18 Å². The Morgan fingerprint density at radius 2 is 1.95 bits per heavy atom. The zero-order valence-electron chi connectivity index (χ0n) is 24.1. The summed E-state index contributed by atoms with van der Waals surface area (Å²) in [6.07, 6.45) is 4.52. The maximum absolute atomic E-state index is 15.0. The molecule has 0 bridgehead atoms. The van der Waals surface area contributed by atoms with Crippen LogP contribution >= 0.6 is 11.6 Å². The molecule has 0 spiro atoms. The Balaban J connectivity index is 1.46. The highest BCUT2D eigenvalue weighted by molar-refractivity contribution is 6.33. The van der Waals surface area contributed by atoms with Crippen molar-refractivity contribution >= 4 is 53.3 Å². The first-order valence-electron chi connectivity index (χ1n) is 14.4. The smallest absolute Gasteiger partial charge is 0.224 e. The third-order valence-electron chi connectivity index (χ3n) is 8.16. The fourth-order valence-electron chi connectivity index (χ4n) is 5.96. The van der Waals surface area contributed by atoms with Crippen molar-refractivity contribution in [2.24, 2.45) is 21.6 Å². The number of carbonyl (C=O) groups excluding carboxylic acids is 1. The van der Waals surface area contributed by atoms with Crippen molar-refractivity contribution in [3.8, 4) is 6.07 Å². The summed E-state index contributed by atoms with van der Waals surface area (Å²) >= 11 is 6.37. The molecule has 1 aromatic heterocycles. The summed E-state index contributed by atoms with van der Waals surface area (Å²) in [6, 6.07) is 14.7. The second kappa shape index (κ2) is 13.3. The van der Waals surface area contributed by atoms with E-state index in [-0.39, 0.29) is 40.2 Å². The molecule has 1 amide bonds. The molecule has 2 fully saturated rings. The molecule has 1 aliphatic carbocycles. The van der Waals surface area contributed by atoms with Crippen molar-refractivity contribution in [3.63, 3.8) is 0 Å². The number of nitrogens with zero attached hydrogens (tertiary/aromatic N) is 6. The van der Waals surface area contributed by atoms with E-state index in [1.807, 2.05) is 35.8 Å². The van der Waals surface area contributed by atoms with Crippen LogP contribution in [0.5, 0.6) is 0 Å². The molecule has 0 radical (unpaired) electrons. The lowest BCUT2D eigenvalue weighted by atomic mass is 9.85.